The molecule has 0 aromatic carbocycles. The fourth-order valence-corrected chi connectivity index (χ4v) is 2.76. The molecule has 0 saturated carbocycles. The van der Waals surface area contributed by atoms with Crippen LogP contribution >= 0.6 is 0 Å². The Kier molecular flexibility index (Phi) is 7.14. The van der Waals surface area contributed by atoms with Gasteiger partial charge in [-0.1, -0.05) is 27.2 Å². The van der Waals surface area contributed by atoms with Crippen molar-refractivity contribution in [2.75, 3.05) is 19.6 Å². The molecule has 1 fully saturated rings. The summed E-state index contributed by atoms with van der Waals surface area (Å²) in [5, 5.41) is 3.70. The Morgan fingerprint density at radius 1 is 1.35 bits per heavy atom. The van der Waals surface area contributed by atoms with E-state index in [0.717, 1.165) is 18.0 Å². The molecule has 0 radical (unpaired) electrons. The van der Waals surface area contributed by atoms with Crippen LogP contribution in [0.3, 0.4) is 0 Å². The third-order valence-electron chi connectivity index (χ3n) is 3.94. The zero-order valence-electron chi connectivity index (χ0n) is 12.3. The Morgan fingerprint density at radius 3 is 2.76 bits per heavy atom. The van der Waals surface area contributed by atoms with Gasteiger partial charge >= 0.3 is 0 Å². The van der Waals surface area contributed by atoms with E-state index in [0.29, 0.717) is 0 Å². The summed E-state index contributed by atoms with van der Waals surface area (Å²) in [6.07, 6.45) is 6.66. The first kappa shape index (κ1) is 15.0. The van der Waals surface area contributed by atoms with E-state index in [2.05, 4.69) is 37.9 Å². The topological polar surface area (TPSA) is 15.3 Å². The average Bonchev–Trinajstić information content (AvgIpc) is 2.42. The van der Waals surface area contributed by atoms with E-state index >= 15 is 0 Å². The van der Waals surface area contributed by atoms with Gasteiger partial charge in [-0.2, -0.15) is 0 Å². The highest BCUT2D eigenvalue weighted by Crippen LogP contribution is 2.14. The van der Waals surface area contributed by atoms with E-state index in [1.807, 2.05) is 0 Å². The molecule has 1 rings (SSSR count). The van der Waals surface area contributed by atoms with Crippen LogP contribution in [0.25, 0.3) is 0 Å². The van der Waals surface area contributed by atoms with Crippen molar-refractivity contribution in [3.05, 3.63) is 0 Å². The maximum atomic E-state index is 3.70. The molecule has 1 saturated heterocycles. The largest absolute Gasteiger partial charge is 0.313 e. The summed E-state index contributed by atoms with van der Waals surface area (Å²) in [5.74, 6) is 0.849. The maximum absolute atomic E-state index is 3.70. The van der Waals surface area contributed by atoms with Gasteiger partial charge < -0.3 is 5.32 Å². The molecule has 0 aromatic heterocycles. The van der Waals surface area contributed by atoms with Crippen molar-refractivity contribution in [2.45, 2.75) is 71.9 Å². The van der Waals surface area contributed by atoms with Crippen molar-refractivity contribution in [3.63, 3.8) is 0 Å². The molecule has 2 nitrogen and oxygen atoms in total. The zero-order chi connectivity index (χ0) is 12.7. The maximum Gasteiger partial charge on any atom is 0.0195 e. The standard InChI is InChI=1S/C15H32N2/c1-5-7-15-12-17(11-6-8-13(2)3)14(4)9-10-16-15/h13-16H,5-12H2,1-4H3. The molecule has 2 unspecified atom stereocenters. The molecule has 17 heavy (non-hydrogen) atoms. The highest BCUT2D eigenvalue weighted by Gasteiger charge is 2.21. The molecule has 1 heterocycles. The van der Waals surface area contributed by atoms with E-state index in [1.165, 1.54) is 51.7 Å². The molecule has 1 aliphatic heterocycles. The lowest BCUT2D eigenvalue weighted by atomic mass is 10.1. The lowest BCUT2D eigenvalue weighted by molar-refractivity contribution is 0.195. The minimum absolute atomic E-state index is 0.726. The number of hydrogen-bond acceptors (Lipinski definition) is 2. The smallest absolute Gasteiger partial charge is 0.0195 e. The molecule has 2 heteroatoms. The van der Waals surface area contributed by atoms with Crippen molar-refractivity contribution < 1.29 is 0 Å². The Bertz CT molecular complexity index is 191. The molecular weight excluding hydrogens is 208 g/mol. The van der Waals surface area contributed by atoms with Crippen molar-refractivity contribution >= 4 is 0 Å². The van der Waals surface area contributed by atoms with Crippen LogP contribution in [0.1, 0.15) is 59.8 Å². The average molecular weight is 240 g/mol. The van der Waals surface area contributed by atoms with Gasteiger partial charge in [0.25, 0.3) is 0 Å². The zero-order valence-corrected chi connectivity index (χ0v) is 12.3. The van der Waals surface area contributed by atoms with E-state index < -0.39 is 0 Å². The number of nitrogens with one attached hydrogen (secondary N) is 1. The molecular formula is C15H32N2. The first-order valence-corrected chi connectivity index (χ1v) is 7.61. The summed E-state index contributed by atoms with van der Waals surface area (Å²) in [6.45, 7) is 13.1. The highest BCUT2D eigenvalue weighted by molar-refractivity contribution is 4.80. The van der Waals surface area contributed by atoms with Gasteiger partial charge in [0.1, 0.15) is 0 Å². The van der Waals surface area contributed by atoms with Crippen molar-refractivity contribution in [3.8, 4) is 0 Å². The predicted octanol–water partition coefficient (Wildman–Crippen LogP) is 3.28. The van der Waals surface area contributed by atoms with Crippen LogP contribution in [0, 0.1) is 5.92 Å². The number of rotatable bonds is 6. The van der Waals surface area contributed by atoms with Crippen molar-refractivity contribution in [1.82, 2.24) is 10.2 Å². The quantitative estimate of drug-likeness (QED) is 0.766. The second-order valence-electron chi connectivity index (χ2n) is 6.11. The molecule has 1 aliphatic rings. The first-order valence-electron chi connectivity index (χ1n) is 7.61. The van der Waals surface area contributed by atoms with Crippen LogP contribution in [0.4, 0.5) is 0 Å². The summed E-state index contributed by atoms with van der Waals surface area (Å²) in [4.78, 5) is 2.71. The summed E-state index contributed by atoms with van der Waals surface area (Å²) >= 11 is 0. The molecule has 1 N–H and O–H groups in total. The highest BCUT2D eigenvalue weighted by atomic mass is 15.2. The van der Waals surface area contributed by atoms with Crippen molar-refractivity contribution in [1.29, 1.82) is 0 Å². The second-order valence-corrected chi connectivity index (χ2v) is 6.11. The van der Waals surface area contributed by atoms with Crippen LogP contribution in [-0.4, -0.2) is 36.6 Å². The van der Waals surface area contributed by atoms with Crippen LogP contribution < -0.4 is 5.32 Å². The van der Waals surface area contributed by atoms with Gasteiger partial charge in [-0.3, -0.25) is 4.90 Å². The van der Waals surface area contributed by atoms with Gasteiger partial charge in [0.15, 0.2) is 0 Å². The molecule has 0 aromatic rings. The fourth-order valence-electron chi connectivity index (χ4n) is 2.76. The lowest BCUT2D eigenvalue weighted by Crippen LogP contribution is -2.40. The van der Waals surface area contributed by atoms with Gasteiger partial charge in [0.05, 0.1) is 0 Å². The molecule has 0 bridgehead atoms. The molecule has 0 spiro atoms. The number of hydrogen-bond donors (Lipinski definition) is 1. The Balaban J connectivity index is 2.36. The monoisotopic (exact) mass is 240 g/mol. The molecule has 102 valence electrons. The Labute approximate surface area is 108 Å². The molecule has 0 amide bonds. The van der Waals surface area contributed by atoms with Gasteiger partial charge in [0.2, 0.25) is 0 Å². The normalized spacial score (nSPS) is 27.4. The van der Waals surface area contributed by atoms with Gasteiger partial charge in [-0.05, 0) is 51.6 Å². The second kappa shape index (κ2) is 8.10. The van der Waals surface area contributed by atoms with E-state index in [4.69, 9.17) is 0 Å². The third kappa shape index (κ3) is 5.87. The van der Waals surface area contributed by atoms with E-state index in [9.17, 15) is 0 Å². The SMILES string of the molecule is CCCC1CN(CCCC(C)C)C(C)CCN1. The number of nitrogens with zero attached hydrogens (tertiary/aromatic N) is 1. The van der Waals surface area contributed by atoms with E-state index in [1.54, 1.807) is 0 Å². The summed E-state index contributed by atoms with van der Waals surface area (Å²) in [5.41, 5.74) is 0. The van der Waals surface area contributed by atoms with Crippen LogP contribution in [-0.2, 0) is 0 Å². The minimum Gasteiger partial charge on any atom is -0.313 e. The van der Waals surface area contributed by atoms with Crippen LogP contribution in [0.5, 0.6) is 0 Å². The predicted molar refractivity (Wildman–Crippen MR) is 76.4 cm³/mol. The summed E-state index contributed by atoms with van der Waals surface area (Å²) in [6, 6.07) is 1.49. The lowest BCUT2D eigenvalue weighted by Gasteiger charge is -2.29. The van der Waals surface area contributed by atoms with Crippen molar-refractivity contribution in [2.24, 2.45) is 5.92 Å². The van der Waals surface area contributed by atoms with Crippen LogP contribution in [0.2, 0.25) is 0 Å². The third-order valence-corrected chi connectivity index (χ3v) is 3.94. The summed E-state index contributed by atoms with van der Waals surface area (Å²) in [7, 11) is 0. The van der Waals surface area contributed by atoms with Crippen LogP contribution in [0.15, 0.2) is 0 Å². The first-order chi connectivity index (χ1) is 8.13. The fraction of sp³-hybridized carbons (Fsp3) is 1.00. The Hall–Kier alpha value is -0.0800. The minimum atomic E-state index is 0.726. The van der Waals surface area contributed by atoms with E-state index in [-0.39, 0.29) is 0 Å². The molecule has 2 atom stereocenters. The van der Waals surface area contributed by atoms with Gasteiger partial charge in [-0.15, -0.1) is 0 Å². The van der Waals surface area contributed by atoms with Gasteiger partial charge in [0, 0.05) is 18.6 Å². The Morgan fingerprint density at radius 2 is 2.12 bits per heavy atom. The summed E-state index contributed by atoms with van der Waals surface area (Å²) < 4.78 is 0. The van der Waals surface area contributed by atoms with Gasteiger partial charge in [-0.25, -0.2) is 0 Å². The molecule has 0 aliphatic carbocycles.